The fourth-order valence-corrected chi connectivity index (χ4v) is 2.74. The van der Waals surface area contributed by atoms with Gasteiger partial charge in [0.25, 0.3) is 5.56 Å². The summed E-state index contributed by atoms with van der Waals surface area (Å²) < 4.78 is 21.3. The maximum Gasteiger partial charge on any atom is 0.420 e. The zero-order chi connectivity index (χ0) is 18.7. The summed E-state index contributed by atoms with van der Waals surface area (Å²) in [5, 5.41) is 2.99. The normalized spacial score (nSPS) is 10.9. The van der Waals surface area contributed by atoms with Crippen molar-refractivity contribution in [2.45, 2.75) is 20.4 Å². The van der Waals surface area contributed by atoms with Gasteiger partial charge in [0.05, 0.1) is 24.2 Å². The highest BCUT2D eigenvalue weighted by Crippen LogP contribution is 2.19. The van der Waals surface area contributed by atoms with Crippen LogP contribution in [0, 0.1) is 5.82 Å². The van der Waals surface area contributed by atoms with Gasteiger partial charge in [0.2, 0.25) is 0 Å². The summed E-state index contributed by atoms with van der Waals surface area (Å²) in [6, 6.07) is 7.38. The van der Waals surface area contributed by atoms with Crippen LogP contribution in [-0.2, 0) is 11.3 Å². The first kappa shape index (κ1) is 17.7. The van der Waals surface area contributed by atoms with Crippen LogP contribution in [-0.4, -0.2) is 33.4 Å². The number of nitrogens with one attached hydrogen (secondary N) is 1. The summed E-state index contributed by atoms with van der Waals surface area (Å²) >= 11 is 0. The standard InChI is InChI=1S/C18H19FN4O3/c1-3-20-13-6-5-9-22(17(13)24)11-16-21-14-10-12(19)7-8-15(14)23(16)18(25)26-4-2/h5-10,20H,3-4,11H2,1-2H3. The van der Waals surface area contributed by atoms with Gasteiger partial charge in [-0.1, -0.05) is 0 Å². The van der Waals surface area contributed by atoms with Crippen LogP contribution >= 0.6 is 0 Å². The number of rotatable bonds is 5. The van der Waals surface area contributed by atoms with Crippen molar-refractivity contribution in [3.8, 4) is 0 Å². The van der Waals surface area contributed by atoms with Crippen LogP contribution in [0.25, 0.3) is 11.0 Å². The molecule has 3 aromatic rings. The maximum atomic E-state index is 13.5. The van der Waals surface area contributed by atoms with Crippen LogP contribution in [0.5, 0.6) is 0 Å². The van der Waals surface area contributed by atoms with Gasteiger partial charge >= 0.3 is 6.09 Å². The molecular formula is C18H19FN4O3. The van der Waals surface area contributed by atoms with Gasteiger partial charge in [0.15, 0.2) is 0 Å². The van der Waals surface area contributed by atoms with Crippen LogP contribution in [0.1, 0.15) is 19.7 Å². The summed E-state index contributed by atoms with van der Waals surface area (Å²) in [5.41, 5.74) is 0.975. The minimum Gasteiger partial charge on any atom is -0.449 e. The minimum absolute atomic E-state index is 0.0488. The van der Waals surface area contributed by atoms with Gasteiger partial charge < -0.3 is 14.6 Å². The van der Waals surface area contributed by atoms with E-state index in [4.69, 9.17) is 4.74 Å². The third kappa shape index (κ3) is 3.30. The van der Waals surface area contributed by atoms with Crippen LogP contribution in [0.15, 0.2) is 41.3 Å². The number of aromatic nitrogens is 3. The third-order valence-corrected chi connectivity index (χ3v) is 3.84. The molecule has 1 N–H and O–H groups in total. The van der Waals surface area contributed by atoms with Crippen molar-refractivity contribution in [3.63, 3.8) is 0 Å². The summed E-state index contributed by atoms with van der Waals surface area (Å²) in [6.45, 7) is 4.44. The lowest BCUT2D eigenvalue weighted by Crippen LogP contribution is -2.26. The number of benzene rings is 1. The molecule has 0 bridgehead atoms. The van der Waals surface area contributed by atoms with Crippen LogP contribution in [0.4, 0.5) is 14.9 Å². The zero-order valence-electron chi connectivity index (χ0n) is 14.5. The third-order valence-electron chi connectivity index (χ3n) is 3.84. The van der Waals surface area contributed by atoms with E-state index in [-0.39, 0.29) is 18.7 Å². The molecular weight excluding hydrogens is 339 g/mol. The average Bonchev–Trinajstić information content (AvgIpc) is 2.95. The molecule has 2 heterocycles. The van der Waals surface area contributed by atoms with E-state index in [1.54, 1.807) is 25.3 Å². The molecule has 1 aromatic carbocycles. The molecule has 8 heteroatoms. The molecule has 0 unspecified atom stereocenters. The summed E-state index contributed by atoms with van der Waals surface area (Å²) in [6.07, 6.45) is 0.992. The number of hydrogen-bond donors (Lipinski definition) is 1. The molecule has 2 aromatic heterocycles. The molecule has 0 amide bonds. The van der Waals surface area contributed by atoms with E-state index >= 15 is 0 Å². The smallest absolute Gasteiger partial charge is 0.420 e. The van der Waals surface area contributed by atoms with Crippen LogP contribution in [0.3, 0.4) is 0 Å². The first-order chi connectivity index (χ1) is 12.5. The Bertz CT molecular complexity index is 1010. The number of halogens is 1. The van der Waals surface area contributed by atoms with E-state index in [0.717, 1.165) is 0 Å². The molecule has 0 fully saturated rings. The molecule has 0 aliphatic rings. The summed E-state index contributed by atoms with van der Waals surface area (Å²) in [7, 11) is 0. The van der Waals surface area contributed by atoms with E-state index < -0.39 is 11.9 Å². The number of hydrogen-bond acceptors (Lipinski definition) is 5. The van der Waals surface area contributed by atoms with E-state index in [1.165, 1.54) is 27.3 Å². The number of pyridine rings is 1. The van der Waals surface area contributed by atoms with Gasteiger partial charge in [-0.15, -0.1) is 0 Å². The Hall–Kier alpha value is -3.16. The molecule has 0 aliphatic carbocycles. The first-order valence-electron chi connectivity index (χ1n) is 8.32. The Morgan fingerprint density at radius 1 is 1.31 bits per heavy atom. The Kier molecular flexibility index (Phi) is 5.01. The van der Waals surface area contributed by atoms with Gasteiger partial charge in [-0.3, -0.25) is 4.79 Å². The van der Waals surface area contributed by atoms with Crippen molar-refractivity contribution in [2.75, 3.05) is 18.5 Å². The zero-order valence-corrected chi connectivity index (χ0v) is 14.5. The van der Waals surface area contributed by atoms with Crippen molar-refractivity contribution in [1.29, 1.82) is 0 Å². The summed E-state index contributed by atoms with van der Waals surface area (Å²) in [4.78, 5) is 29.2. The van der Waals surface area contributed by atoms with Crippen molar-refractivity contribution >= 4 is 22.8 Å². The van der Waals surface area contributed by atoms with Gasteiger partial charge in [-0.05, 0) is 38.1 Å². The number of imidazole rings is 1. The van der Waals surface area contributed by atoms with Gasteiger partial charge in [-0.2, -0.15) is 0 Å². The van der Waals surface area contributed by atoms with Crippen molar-refractivity contribution < 1.29 is 13.9 Å². The molecule has 0 aliphatic heterocycles. The Labute approximate surface area is 149 Å². The highest BCUT2D eigenvalue weighted by atomic mass is 19.1. The van der Waals surface area contributed by atoms with Gasteiger partial charge in [-0.25, -0.2) is 18.7 Å². The van der Waals surface area contributed by atoms with E-state index in [0.29, 0.717) is 29.1 Å². The molecule has 0 spiro atoms. The van der Waals surface area contributed by atoms with Crippen LogP contribution < -0.4 is 10.9 Å². The Balaban J connectivity index is 2.10. The molecule has 0 radical (unpaired) electrons. The topological polar surface area (TPSA) is 78.2 Å². The lowest BCUT2D eigenvalue weighted by molar-refractivity contribution is 0.154. The number of fused-ring (bicyclic) bond motifs is 1. The number of carbonyl (C=O) groups is 1. The predicted molar refractivity (Wildman–Crippen MR) is 96.1 cm³/mol. The van der Waals surface area contributed by atoms with Crippen molar-refractivity contribution in [2.24, 2.45) is 0 Å². The number of ether oxygens (including phenoxy) is 1. The van der Waals surface area contributed by atoms with Crippen molar-refractivity contribution in [1.82, 2.24) is 14.1 Å². The second-order valence-corrected chi connectivity index (χ2v) is 5.58. The lowest BCUT2D eigenvalue weighted by Gasteiger charge is -2.10. The summed E-state index contributed by atoms with van der Waals surface area (Å²) in [5.74, 6) is -0.163. The molecule has 0 saturated heterocycles. The van der Waals surface area contributed by atoms with Gasteiger partial charge in [0, 0.05) is 18.8 Å². The quantitative estimate of drug-likeness (QED) is 0.759. The maximum absolute atomic E-state index is 13.5. The Morgan fingerprint density at radius 3 is 2.85 bits per heavy atom. The number of nitrogens with zero attached hydrogens (tertiary/aromatic N) is 3. The van der Waals surface area contributed by atoms with Crippen LogP contribution in [0.2, 0.25) is 0 Å². The second kappa shape index (κ2) is 7.38. The fraction of sp³-hybridized carbons (Fsp3) is 0.278. The average molecular weight is 358 g/mol. The molecule has 3 rings (SSSR count). The highest BCUT2D eigenvalue weighted by molar-refractivity contribution is 5.87. The Morgan fingerprint density at radius 2 is 2.12 bits per heavy atom. The van der Waals surface area contributed by atoms with E-state index in [1.807, 2.05) is 6.92 Å². The van der Waals surface area contributed by atoms with Crippen molar-refractivity contribution in [3.05, 3.63) is 58.5 Å². The largest absolute Gasteiger partial charge is 0.449 e. The monoisotopic (exact) mass is 358 g/mol. The lowest BCUT2D eigenvalue weighted by atomic mass is 10.3. The van der Waals surface area contributed by atoms with E-state index in [2.05, 4.69) is 10.3 Å². The first-order valence-corrected chi connectivity index (χ1v) is 8.32. The fourth-order valence-electron chi connectivity index (χ4n) is 2.74. The highest BCUT2D eigenvalue weighted by Gasteiger charge is 2.19. The SMILES string of the molecule is CCNc1cccn(Cc2nc3cc(F)ccc3n2C(=O)OCC)c1=O. The molecule has 0 saturated carbocycles. The van der Waals surface area contributed by atoms with E-state index in [9.17, 15) is 14.0 Å². The molecule has 136 valence electrons. The molecule has 0 atom stereocenters. The minimum atomic E-state index is -0.618. The predicted octanol–water partition coefficient (Wildman–Crippen LogP) is 2.82. The number of anilines is 1. The van der Waals surface area contributed by atoms with Gasteiger partial charge in [0.1, 0.15) is 17.3 Å². The second-order valence-electron chi connectivity index (χ2n) is 5.58. The molecule has 7 nitrogen and oxygen atoms in total. The molecule has 26 heavy (non-hydrogen) atoms. The number of carbonyl (C=O) groups excluding carboxylic acids is 1.